The van der Waals surface area contributed by atoms with Crippen LogP contribution in [0.3, 0.4) is 0 Å². The van der Waals surface area contributed by atoms with E-state index in [-0.39, 0.29) is 0 Å². The van der Waals surface area contributed by atoms with Crippen molar-refractivity contribution in [1.82, 2.24) is 25.1 Å². The lowest BCUT2D eigenvalue weighted by Gasteiger charge is -2.08. The molecule has 6 nitrogen and oxygen atoms in total. The van der Waals surface area contributed by atoms with Crippen molar-refractivity contribution in [3.63, 3.8) is 0 Å². The molecule has 0 atom stereocenters. The fourth-order valence-electron chi connectivity index (χ4n) is 2.41. The molecule has 3 N–H and O–H groups in total. The molecular formula is C16H12N6. The van der Waals surface area contributed by atoms with E-state index in [1.807, 2.05) is 36.4 Å². The zero-order valence-corrected chi connectivity index (χ0v) is 11.6. The minimum Gasteiger partial charge on any atom is -0.382 e. The maximum Gasteiger partial charge on any atom is 0.142 e. The third-order valence-electron chi connectivity index (χ3n) is 3.42. The van der Waals surface area contributed by atoms with Crippen LogP contribution in [0.2, 0.25) is 0 Å². The number of benzene rings is 1. The fraction of sp³-hybridized carbons (Fsp3) is 0. The van der Waals surface area contributed by atoms with Gasteiger partial charge in [-0.05, 0) is 24.3 Å². The van der Waals surface area contributed by atoms with E-state index in [2.05, 4.69) is 25.1 Å². The van der Waals surface area contributed by atoms with Gasteiger partial charge in [-0.2, -0.15) is 5.10 Å². The van der Waals surface area contributed by atoms with Gasteiger partial charge in [-0.25, -0.2) is 4.98 Å². The Bertz CT molecular complexity index is 946. The molecule has 0 aliphatic rings. The van der Waals surface area contributed by atoms with Gasteiger partial charge in [0.15, 0.2) is 0 Å². The number of pyridine rings is 1. The number of H-pyrrole nitrogens is 1. The second-order valence-corrected chi connectivity index (χ2v) is 4.87. The highest BCUT2D eigenvalue weighted by atomic mass is 15.1. The van der Waals surface area contributed by atoms with Gasteiger partial charge in [0.05, 0.1) is 23.1 Å². The van der Waals surface area contributed by atoms with Crippen molar-refractivity contribution < 1.29 is 0 Å². The molecule has 0 bridgehead atoms. The molecule has 3 heterocycles. The van der Waals surface area contributed by atoms with E-state index < -0.39 is 0 Å². The zero-order valence-electron chi connectivity index (χ0n) is 11.6. The predicted molar refractivity (Wildman–Crippen MR) is 84.8 cm³/mol. The van der Waals surface area contributed by atoms with Crippen LogP contribution in [-0.2, 0) is 0 Å². The number of aromatic nitrogens is 5. The van der Waals surface area contributed by atoms with Gasteiger partial charge in [-0.15, -0.1) is 0 Å². The average molecular weight is 288 g/mol. The highest BCUT2D eigenvalue weighted by Gasteiger charge is 2.13. The summed E-state index contributed by atoms with van der Waals surface area (Å²) in [7, 11) is 0. The lowest BCUT2D eigenvalue weighted by atomic mass is 10.1. The summed E-state index contributed by atoms with van der Waals surface area (Å²) >= 11 is 0. The van der Waals surface area contributed by atoms with Gasteiger partial charge in [0.1, 0.15) is 11.5 Å². The Morgan fingerprint density at radius 3 is 2.77 bits per heavy atom. The normalized spacial score (nSPS) is 10.9. The highest BCUT2D eigenvalue weighted by Crippen LogP contribution is 2.29. The molecule has 106 valence electrons. The molecule has 0 saturated carbocycles. The summed E-state index contributed by atoms with van der Waals surface area (Å²) in [4.78, 5) is 13.2. The molecule has 0 aliphatic heterocycles. The smallest absolute Gasteiger partial charge is 0.142 e. The Hall–Kier alpha value is -3.28. The Morgan fingerprint density at radius 2 is 1.91 bits per heavy atom. The van der Waals surface area contributed by atoms with E-state index in [0.717, 1.165) is 27.9 Å². The number of nitrogens with one attached hydrogen (secondary N) is 1. The van der Waals surface area contributed by atoms with Gasteiger partial charge in [0.25, 0.3) is 0 Å². The van der Waals surface area contributed by atoms with Crippen molar-refractivity contribution >= 4 is 16.7 Å². The van der Waals surface area contributed by atoms with E-state index in [1.54, 1.807) is 18.6 Å². The predicted octanol–water partition coefficient (Wildman–Crippen LogP) is 2.66. The summed E-state index contributed by atoms with van der Waals surface area (Å²) in [6.45, 7) is 0. The number of nitrogens with two attached hydrogens (primary N) is 1. The van der Waals surface area contributed by atoms with E-state index in [9.17, 15) is 0 Å². The summed E-state index contributed by atoms with van der Waals surface area (Å²) in [5.74, 6) is 0.371. The molecular weight excluding hydrogens is 276 g/mol. The van der Waals surface area contributed by atoms with E-state index >= 15 is 0 Å². The molecule has 0 unspecified atom stereocenters. The lowest BCUT2D eigenvalue weighted by molar-refractivity contribution is 1.08. The number of anilines is 1. The molecule has 4 rings (SSSR count). The van der Waals surface area contributed by atoms with Gasteiger partial charge in [-0.1, -0.05) is 12.1 Å². The molecule has 3 aromatic heterocycles. The van der Waals surface area contributed by atoms with E-state index in [1.165, 1.54) is 0 Å². The van der Waals surface area contributed by atoms with Crippen molar-refractivity contribution in [2.24, 2.45) is 0 Å². The molecule has 0 aliphatic carbocycles. The molecule has 0 saturated heterocycles. The van der Waals surface area contributed by atoms with Crippen LogP contribution in [0.1, 0.15) is 0 Å². The Morgan fingerprint density at radius 1 is 0.955 bits per heavy atom. The minimum absolute atomic E-state index is 0.371. The van der Waals surface area contributed by atoms with Crippen LogP contribution in [0.15, 0.2) is 55.0 Å². The van der Waals surface area contributed by atoms with Gasteiger partial charge in [0, 0.05) is 23.3 Å². The molecule has 22 heavy (non-hydrogen) atoms. The first-order valence-corrected chi connectivity index (χ1v) is 6.79. The summed E-state index contributed by atoms with van der Waals surface area (Å²) in [5.41, 5.74) is 9.90. The first kappa shape index (κ1) is 12.5. The van der Waals surface area contributed by atoms with Crippen LogP contribution >= 0.6 is 0 Å². The van der Waals surface area contributed by atoms with Crippen molar-refractivity contribution in [1.29, 1.82) is 0 Å². The van der Waals surface area contributed by atoms with Crippen LogP contribution in [0.25, 0.3) is 33.5 Å². The maximum absolute atomic E-state index is 5.78. The van der Waals surface area contributed by atoms with Gasteiger partial charge in [0.2, 0.25) is 0 Å². The number of rotatable bonds is 2. The van der Waals surface area contributed by atoms with E-state index in [0.29, 0.717) is 11.5 Å². The maximum atomic E-state index is 5.78. The summed E-state index contributed by atoms with van der Waals surface area (Å²) in [5, 5.41) is 7.93. The molecule has 1 aromatic carbocycles. The number of hydrogen-bond donors (Lipinski definition) is 2. The van der Waals surface area contributed by atoms with Gasteiger partial charge < -0.3 is 5.73 Å². The van der Waals surface area contributed by atoms with Crippen molar-refractivity contribution in [2.75, 3.05) is 5.73 Å². The SMILES string of the molecule is Nc1cnc(-c2ccc3ncccc3c2)c(-c2ccn[nH]2)n1. The van der Waals surface area contributed by atoms with Crippen LogP contribution in [0, 0.1) is 0 Å². The molecule has 6 heteroatoms. The zero-order chi connectivity index (χ0) is 14.9. The first-order valence-electron chi connectivity index (χ1n) is 6.79. The molecule has 0 fully saturated rings. The van der Waals surface area contributed by atoms with Crippen LogP contribution in [0.4, 0.5) is 5.82 Å². The van der Waals surface area contributed by atoms with E-state index in [4.69, 9.17) is 5.73 Å². The average Bonchev–Trinajstić information content (AvgIpc) is 3.09. The second-order valence-electron chi connectivity index (χ2n) is 4.87. The topological polar surface area (TPSA) is 93.4 Å². The summed E-state index contributed by atoms with van der Waals surface area (Å²) < 4.78 is 0. The molecule has 4 aromatic rings. The monoisotopic (exact) mass is 288 g/mol. The molecule has 0 amide bonds. The lowest BCUT2D eigenvalue weighted by Crippen LogP contribution is -1.98. The number of nitrogen functional groups attached to an aromatic ring is 1. The Balaban J connectivity index is 1.94. The van der Waals surface area contributed by atoms with Crippen molar-refractivity contribution in [2.45, 2.75) is 0 Å². The second kappa shape index (κ2) is 4.92. The fourth-order valence-corrected chi connectivity index (χ4v) is 2.41. The number of hydrogen-bond acceptors (Lipinski definition) is 5. The highest BCUT2D eigenvalue weighted by molar-refractivity contribution is 5.86. The molecule has 0 spiro atoms. The third kappa shape index (κ3) is 2.07. The Labute approximate surface area is 126 Å². The van der Waals surface area contributed by atoms with Crippen LogP contribution < -0.4 is 5.73 Å². The number of aromatic amines is 1. The minimum atomic E-state index is 0.371. The van der Waals surface area contributed by atoms with Gasteiger partial charge in [-0.3, -0.25) is 15.1 Å². The summed E-state index contributed by atoms with van der Waals surface area (Å²) in [6, 6.07) is 11.8. The quantitative estimate of drug-likeness (QED) is 0.591. The first-order chi connectivity index (χ1) is 10.8. The van der Waals surface area contributed by atoms with Crippen molar-refractivity contribution in [3.8, 4) is 22.6 Å². The number of nitrogens with zero attached hydrogens (tertiary/aromatic N) is 4. The van der Waals surface area contributed by atoms with Gasteiger partial charge >= 0.3 is 0 Å². The number of fused-ring (bicyclic) bond motifs is 1. The van der Waals surface area contributed by atoms with Crippen molar-refractivity contribution in [3.05, 3.63) is 55.0 Å². The van der Waals surface area contributed by atoms with Crippen LogP contribution in [0.5, 0.6) is 0 Å². The summed E-state index contributed by atoms with van der Waals surface area (Å²) in [6.07, 6.45) is 5.01. The Kier molecular flexibility index (Phi) is 2.79. The largest absolute Gasteiger partial charge is 0.382 e. The molecule has 0 radical (unpaired) electrons. The van der Waals surface area contributed by atoms with Crippen LogP contribution in [-0.4, -0.2) is 25.1 Å². The standard InChI is InChI=1S/C16H12N6/c17-14-9-19-15(16(21-14)13-5-7-20-22-13)11-3-4-12-10(8-11)2-1-6-18-12/h1-9H,(H2,17,21)(H,20,22). The third-order valence-corrected chi connectivity index (χ3v) is 3.42.